The van der Waals surface area contributed by atoms with E-state index in [-0.39, 0.29) is 17.1 Å². The van der Waals surface area contributed by atoms with Crippen molar-refractivity contribution in [3.63, 3.8) is 0 Å². The van der Waals surface area contributed by atoms with Crippen LogP contribution in [0.2, 0.25) is 0 Å². The number of aliphatic imine (C=N–C) groups is 2. The van der Waals surface area contributed by atoms with Crippen molar-refractivity contribution in [1.29, 1.82) is 0 Å². The molecule has 0 fully saturated rings. The molecule has 0 aromatic heterocycles. The van der Waals surface area contributed by atoms with Gasteiger partial charge in [-0.1, -0.05) is 70.6 Å². The molecule has 0 saturated heterocycles. The van der Waals surface area contributed by atoms with E-state index in [4.69, 9.17) is 4.99 Å². The second kappa shape index (κ2) is 10.1. The number of hydrogen-bond acceptors (Lipinski definition) is 5. The summed E-state index contributed by atoms with van der Waals surface area (Å²) < 4.78 is 0. The van der Waals surface area contributed by atoms with Gasteiger partial charge in [-0.2, -0.15) is 4.99 Å². The quantitative estimate of drug-likeness (QED) is 0.535. The van der Waals surface area contributed by atoms with E-state index in [1.54, 1.807) is 0 Å². The summed E-state index contributed by atoms with van der Waals surface area (Å²) in [4.78, 5) is 37.3. The Hall–Kier alpha value is -2.93. The number of benzene rings is 2. The van der Waals surface area contributed by atoms with Crippen LogP contribution < -0.4 is 5.32 Å². The fraction of sp³-hybridized carbons (Fsp3) is 0.407. The Morgan fingerprint density at radius 3 is 2.41 bits per heavy atom. The lowest BCUT2D eigenvalue weighted by molar-refractivity contribution is -0.120. The lowest BCUT2D eigenvalue weighted by Crippen LogP contribution is -2.45. The fourth-order valence-corrected chi connectivity index (χ4v) is 5.25. The number of amides is 2. The minimum absolute atomic E-state index is 0.0734. The lowest BCUT2D eigenvalue weighted by atomic mass is 10.0. The molecule has 178 valence electrons. The van der Waals surface area contributed by atoms with Crippen molar-refractivity contribution in [1.82, 2.24) is 4.90 Å². The molecular weight excluding hydrogens is 444 g/mol. The Bertz CT molecular complexity index is 1140. The van der Waals surface area contributed by atoms with Crippen LogP contribution in [0.5, 0.6) is 0 Å². The van der Waals surface area contributed by atoms with Crippen molar-refractivity contribution < 1.29 is 9.59 Å². The van der Waals surface area contributed by atoms with Gasteiger partial charge in [0.1, 0.15) is 11.9 Å². The molecule has 1 N–H and O–H groups in total. The first-order valence-corrected chi connectivity index (χ1v) is 12.8. The molecule has 0 radical (unpaired) electrons. The SMILES string of the molecule is CCC(SC1=Nc2ccccc2C2=NC(=O)C(CC(C)C)N12)C(=O)Nc1ccc(C(C)C)cc1. The first-order valence-electron chi connectivity index (χ1n) is 12.0. The summed E-state index contributed by atoms with van der Waals surface area (Å²) >= 11 is 1.40. The number of thioether (sulfide) groups is 1. The molecule has 0 bridgehead atoms. The van der Waals surface area contributed by atoms with Gasteiger partial charge < -0.3 is 5.32 Å². The molecule has 6 nitrogen and oxygen atoms in total. The van der Waals surface area contributed by atoms with Crippen LogP contribution in [0, 0.1) is 5.92 Å². The van der Waals surface area contributed by atoms with Gasteiger partial charge in [0, 0.05) is 11.3 Å². The predicted molar refractivity (Wildman–Crippen MR) is 141 cm³/mol. The standard InChI is InChI=1S/C27H32N4O2S/c1-6-23(26(33)28-19-13-11-18(12-14-19)17(4)5)34-27-29-21-10-8-7-9-20(21)24-30-25(32)22(31(24)27)15-16(2)3/h7-14,16-17,22-23H,6,15H2,1-5H3,(H,28,33). The number of hydrogen-bond donors (Lipinski definition) is 1. The van der Waals surface area contributed by atoms with E-state index in [0.717, 1.165) is 16.9 Å². The highest BCUT2D eigenvalue weighted by Crippen LogP contribution is 2.37. The van der Waals surface area contributed by atoms with Crippen LogP contribution in [-0.4, -0.2) is 39.0 Å². The molecule has 2 heterocycles. The zero-order valence-electron chi connectivity index (χ0n) is 20.4. The minimum Gasteiger partial charge on any atom is -0.325 e. The van der Waals surface area contributed by atoms with Crippen LogP contribution in [0.1, 0.15) is 64.5 Å². The van der Waals surface area contributed by atoms with Gasteiger partial charge in [0.2, 0.25) is 5.91 Å². The smallest absolute Gasteiger partial charge is 0.270 e. The number of carbonyl (C=O) groups is 2. The molecule has 2 amide bonds. The number of nitrogens with one attached hydrogen (secondary N) is 1. The van der Waals surface area contributed by atoms with Gasteiger partial charge in [-0.25, -0.2) is 4.99 Å². The maximum Gasteiger partial charge on any atom is 0.270 e. The first-order chi connectivity index (χ1) is 16.3. The Kier molecular flexibility index (Phi) is 7.22. The zero-order valence-corrected chi connectivity index (χ0v) is 21.2. The van der Waals surface area contributed by atoms with Crippen molar-refractivity contribution >= 4 is 46.0 Å². The van der Waals surface area contributed by atoms with E-state index in [1.807, 2.05) is 60.4 Å². The molecule has 0 spiro atoms. The Morgan fingerprint density at radius 2 is 1.76 bits per heavy atom. The third-order valence-corrected chi connectivity index (χ3v) is 7.39. The van der Waals surface area contributed by atoms with E-state index in [1.165, 1.54) is 17.3 Å². The highest BCUT2D eigenvalue weighted by molar-refractivity contribution is 8.15. The monoisotopic (exact) mass is 476 g/mol. The van der Waals surface area contributed by atoms with Crippen molar-refractivity contribution in [2.45, 2.75) is 64.7 Å². The van der Waals surface area contributed by atoms with E-state index >= 15 is 0 Å². The predicted octanol–water partition coefficient (Wildman–Crippen LogP) is 5.97. The molecule has 2 aromatic carbocycles. The minimum atomic E-state index is -0.390. The zero-order chi connectivity index (χ0) is 24.4. The summed E-state index contributed by atoms with van der Waals surface area (Å²) in [7, 11) is 0. The molecule has 2 unspecified atom stereocenters. The first kappa shape index (κ1) is 24.2. The van der Waals surface area contributed by atoms with Crippen LogP contribution in [-0.2, 0) is 9.59 Å². The normalized spacial score (nSPS) is 17.9. The third-order valence-electron chi connectivity index (χ3n) is 6.06. The van der Waals surface area contributed by atoms with Crippen LogP contribution in [0.15, 0.2) is 58.5 Å². The number of carbonyl (C=O) groups excluding carboxylic acids is 2. The summed E-state index contributed by atoms with van der Waals surface area (Å²) in [6, 6.07) is 15.3. The highest BCUT2D eigenvalue weighted by Gasteiger charge is 2.42. The molecule has 2 atom stereocenters. The molecular formula is C27H32N4O2S. The van der Waals surface area contributed by atoms with Crippen LogP contribution >= 0.6 is 11.8 Å². The van der Waals surface area contributed by atoms with Crippen molar-refractivity contribution in [3.05, 3.63) is 59.7 Å². The van der Waals surface area contributed by atoms with Crippen LogP contribution in [0.25, 0.3) is 0 Å². The molecule has 2 aliphatic heterocycles. The highest BCUT2D eigenvalue weighted by atomic mass is 32.2. The summed E-state index contributed by atoms with van der Waals surface area (Å²) in [5.74, 6) is 1.19. The number of rotatable bonds is 7. The molecule has 2 aromatic rings. The van der Waals surface area contributed by atoms with E-state index < -0.39 is 6.04 Å². The lowest BCUT2D eigenvalue weighted by Gasteiger charge is -2.33. The topological polar surface area (TPSA) is 74.1 Å². The van der Waals surface area contributed by atoms with Crippen molar-refractivity contribution in [2.24, 2.45) is 15.9 Å². The van der Waals surface area contributed by atoms with E-state index in [2.05, 4.69) is 38.0 Å². The Morgan fingerprint density at radius 1 is 1.06 bits per heavy atom. The Labute approximate surface area is 205 Å². The maximum absolute atomic E-state index is 13.2. The number of para-hydroxylation sites is 1. The van der Waals surface area contributed by atoms with Crippen LogP contribution in [0.3, 0.4) is 0 Å². The summed E-state index contributed by atoms with van der Waals surface area (Å²) in [6.45, 7) is 10.5. The second-order valence-electron chi connectivity index (χ2n) is 9.48. The molecule has 2 aliphatic rings. The summed E-state index contributed by atoms with van der Waals surface area (Å²) in [5.41, 5.74) is 3.64. The number of fused-ring (bicyclic) bond motifs is 3. The van der Waals surface area contributed by atoms with Gasteiger partial charge in [0.25, 0.3) is 5.91 Å². The van der Waals surface area contributed by atoms with Gasteiger partial charge in [0.05, 0.1) is 10.9 Å². The van der Waals surface area contributed by atoms with Crippen molar-refractivity contribution in [3.8, 4) is 0 Å². The fourth-order valence-electron chi connectivity index (χ4n) is 4.18. The number of anilines is 1. The second-order valence-corrected chi connectivity index (χ2v) is 10.7. The van der Waals surface area contributed by atoms with Gasteiger partial charge in [-0.3, -0.25) is 14.5 Å². The average molecular weight is 477 g/mol. The van der Waals surface area contributed by atoms with Crippen molar-refractivity contribution in [2.75, 3.05) is 5.32 Å². The Balaban J connectivity index is 1.59. The van der Waals surface area contributed by atoms with Gasteiger partial charge >= 0.3 is 0 Å². The largest absolute Gasteiger partial charge is 0.325 e. The van der Waals surface area contributed by atoms with Gasteiger partial charge in [0.15, 0.2) is 5.17 Å². The van der Waals surface area contributed by atoms with E-state index in [9.17, 15) is 9.59 Å². The van der Waals surface area contributed by atoms with Gasteiger partial charge in [-0.15, -0.1) is 0 Å². The molecule has 4 rings (SSSR count). The number of nitrogens with zero attached hydrogens (tertiary/aromatic N) is 3. The average Bonchev–Trinajstić information content (AvgIpc) is 3.13. The van der Waals surface area contributed by atoms with Gasteiger partial charge in [-0.05, 0) is 54.5 Å². The third kappa shape index (κ3) is 4.94. The molecule has 0 saturated carbocycles. The molecule has 34 heavy (non-hydrogen) atoms. The maximum atomic E-state index is 13.2. The molecule has 0 aliphatic carbocycles. The van der Waals surface area contributed by atoms with E-state index in [0.29, 0.717) is 35.7 Å². The van der Waals surface area contributed by atoms with Crippen LogP contribution in [0.4, 0.5) is 11.4 Å². The summed E-state index contributed by atoms with van der Waals surface area (Å²) in [6.07, 6.45) is 1.31. The molecule has 7 heteroatoms. The number of amidine groups is 2. The summed E-state index contributed by atoms with van der Waals surface area (Å²) in [5, 5.41) is 3.35.